The van der Waals surface area contributed by atoms with Gasteiger partial charge in [0.15, 0.2) is 0 Å². The van der Waals surface area contributed by atoms with Crippen LogP contribution in [0.5, 0.6) is 5.75 Å². The molecule has 1 unspecified atom stereocenters. The number of hydrogen-bond acceptors (Lipinski definition) is 3. The molecule has 0 aliphatic carbocycles. The molecule has 0 spiro atoms. The van der Waals surface area contributed by atoms with Crippen molar-refractivity contribution in [3.8, 4) is 5.75 Å². The van der Waals surface area contributed by atoms with Crippen molar-refractivity contribution in [1.82, 2.24) is 0 Å². The Hall–Kier alpha value is -1.43. The summed E-state index contributed by atoms with van der Waals surface area (Å²) in [5, 5.41) is 0. The van der Waals surface area contributed by atoms with Gasteiger partial charge in [-0.3, -0.25) is 0 Å². The number of anilines is 1. The number of fused-ring (bicyclic) bond motifs is 1. The van der Waals surface area contributed by atoms with Crippen LogP contribution in [0.3, 0.4) is 0 Å². The Morgan fingerprint density at radius 2 is 2.12 bits per heavy atom. The molecule has 1 aliphatic rings. The number of benzene rings is 1. The van der Waals surface area contributed by atoms with Gasteiger partial charge in [-0.15, -0.1) is 0 Å². The molecule has 0 aromatic heterocycles. The molecule has 2 rings (SSSR count). The Balaban J connectivity index is 2.36. The summed E-state index contributed by atoms with van der Waals surface area (Å²) >= 11 is 0. The van der Waals surface area contributed by atoms with Gasteiger partial charge < -0.3 is 15.4 Å². The summed E-state index contributed by atoms with van der Waals surface area (Å²) in [5.41, 5.74) is 5.86. The second kappa shape index (κ2) is 4.10. The van der Waals surface area contributed by atoms with Crippen LogP contribution in [0.4, 0.5) is 18.9 Å². The van der Waals surface area contributed by atoms with Gasteiger partial charge in [0.05, 0.1) is 12.2 Å². The van der Waals surface area contributed by atoms with Crippen LogP contribution < -0.4 is 15.4 Å². The second-order valence-corrected chi connectivity index (χ2v) is 4.02. The predicted molar refractivity (Wildman–Crippen MR) is 58.2 cm³/mol. The zero-order chi connectivity index (χ0) is 12.6. The smallest absolute Gasteiger partial charge is 0.407 e. The molecule has 1 atom stereocenters. The van der Waals surface area contributed by atoms with E-state index in [4.69, 9.17) is 10.5 Å². The molecule has 0 bridgehead atoms. The molecule has 3 nitrogen and oxygen atoms in total. The van der Waals surface area contributed by atoms with E-state index in [1.54, 1.807) is 0 Å². The van der Waals surface area contributed by atoms with Crippen molar-refractivity contribution < 1.29 is 17.9 Å². The van der Waals surface area contributed by atoms with E-state index in [1.165, 1.54) is 18.2 Å². The third-order valence-electron chi connectivity index (χ3n) is 2.79. The summed E-state index contributed by atoms with van der Waals surface area (Å²) in [7, 11) is 1.81. The zero-order valence-corrected chi connectivity index (χ0v) is 9.29. The largest absolute Gasteiger partial charge is 0.490 e. The van der Waals surface area contributed by atoms with Gasteiger partial charge in [0.1, 0.15) is 18.4 Å². The van der Waals surface area contributed by atoms with E-state index < -0.39 is 12.2 Å². The van der Waals surface area contributed by atoms with E-state index in [0.29, 0.717) is 24.6 Å². The molecule has 0 radical (unpaired) electrons. The van der Waals surface area contributed by atoms with Crippen molar-refractivity contribution in [2.75, 3.05) is 25.1 Å². The number of likely N-dealkylation sites (N-methyl/N-ethyl adjacent to an activating group) is 1. The highest BCUT2D eigenvalue weighted by atomic mass is 19.4. The van der Waals surface area contributed by atoms with Crippen LogP contribution in [-0.2, 0) is 0 Å². The maximum absolute atomic E-state index is 12.5. The quantitative estimate of drug-likeness (QED) is 0.824. The molecule has 0 saturated heterocycles. The maximum Gasteiger partial charge on any atom is 0.407 e. The SMILES string of the molecule is CN1CCOc2ccc(C(N)C(F)(F)F)cc21. The average Bonchev–Trinajstić information content (AvgIpc) is 2.27. The normalized spacial score (nSPS) is 17.4. The summed E-state index contributed by atoms with van der Waals surface area (Å²) in [6.45, 7) is 1.19. The summed E-state index contributed by atoms with van der Waals surface area (Å²) in [6.07, 6.45) is -4.43. The first-order valence-corrected chi connectivity index (χ1v) is 5.20. The van der Waals surface area contributed by atoms with Crippen LogP contribution in [0.15, 0.2) is 18.2 Å². The Morgan fingerprint density at radius 1 is 1.41 bits per heavy atom. The Morgan fingerprint density at radius 3 is 2.76 bits per heavy atom. The molecular weight excluding hydrogens is 233 g/mol. The van der Waals surface area contributed by atoms with E-state index in [9.17, 15) is 13.2 Å². The van der Waals surface area contributed by atoms with E-state index in [2.05, 4.69) is 0 Å². The maximum atomic E-state index is 12.5. The van der Waals surface area contributed by atoms with Crippen LogP contribution in [0.1, 0.15) is 11.6 Å². The van der Waals surface area contributed by atoms with Gasteiger partial charge in [0, 0.05) is 7.05 Å². The third-order valence-corrected chi connectivity index (χ3v) is 2.79. The molecule has 0 fully saturated rings. The van der Waals surface area contributed by atoms with Crippen molar-refractivity contribution in [2.45, 2.75) is 12.2 Å². The molecule has 2 N–H and O–H groups in total. The van der Waals surface area contributed by atoms with Crippen LogP contribution in [0, 0.1) is 0 Å². The van der Waals surface area contributed by atoms with Gasteiger partial charge in [-0.1, -0.05) is 6.07 Å². The standard InChI is InChI=1S/C11H13F3N2O/c1-16-4-5-17-9-3-2-7(6-8(9)16)10(15)11(12,13)14/h2-3,6,10H,4-5,15H2,1H3. The van der Waals surface area contributed by atoms with Gasteiger partial charge in [0.25, 0.3) is 0 Å². The zero-order valence-electron chi connectivity index (χ0n) is 9.29. The Bertz CT molecular complexity index is 420. The first kappa shape index (κ1) is 12.0. The molecule has 1 aromatic carbocycles. The first-order valence-electron chi connectivity index (χ1n) is 5.20. The van der Waals surface area contributed by atoms with E-state index >= 15 is 0 Å². The molecule has 1 heterocycles. The van der Waals surface area contributed by atoms with Crippen molar-refractivity contribution in [3.05, 3.63) is 23.8 Å². The fraction of sp³-hybridized carbons (Fsp3) is 0.455. The average molecular weight is 246 g/mol. The lowest BCUT2D eigenvalue weighted by Crippen LogP contribution is -2.31. The van der Waals surface area contributed by atoms with Crippen molar-refractivity contribution >= 4 is 5.69 Å². The van der Waals surface area contributed by atoms with Gasteiger partial charge in [-0.25, -0.2) is 0 Å². The number of nitrogens with zero attached hydrogens (tertiary/aromatic N) is 1. The van der Waals surface area contributed by atoms with Crippen LogP contribution in [0.25, 0.3) is 0 Å². The topological polar surface area (TPSA) is 38.5 Å². The minimum absolute atomic E-state index is 0.0496. The van der Waals surface area contributed by atoms with Crippen LogP contribution >= 0.6 is 0 Å². The van der Waals surface area contributed by atoms with Crippen LogP contribution in [-0.4, -0.2) is 26.4 Å². The monoisotopic (exact) mass is 246 g/mol. The van der Waals surface area contributed by atoms with E-state index in [1.807, 2.05) is 11.9 Å². The van der Waals surface area contributed by atoms with Crippen LogP contribution in [0.2, 0.25) is 0 Å². The fourth-order valence-corrected chi connectivity index (χ4v) is 1.75. The number of hydrogen-bond donors (Lipinski definition) is 1. The second-order valence-electron chi connectivity index (χ2n) is 4.02. The summed E-state index contributed by atoms with van der Waals surface area (Å²) in [4.78, 5) is 1.85. The minimum Gasteiger partial charge on any atom is -0.490 e. The molecule has 94 valence electrons. The minimum atomic E-state index is -4.43. The molecule has 1 aliphatic heterocycles. The highest BCUT2D eigenvalue weighted by molar-refractivity contribution is 5.61. The van der Waals surface area contributed by atoms with Crippen molar-refractivity contribution in [1.29, 1.82) is 0 Å². The van der Waals surface area contributed by atoms with Crippen molar-refractivity contribution in [3.63, 3.8) is 0 Å². The Kier molecular flexibility index (Phi) is 2.91. The number of alkyl halides is 3. The molecule has 17 heavy (non-hydrogen) atoms. The summed E-state index contributed by atoms with van der Waals surface area (Å²) < 4.78 is 42.8. The van der Waals surface area contributed by atoms with Gasteiger partial charge in [-0.2, -0.15) is 13.2 Å². The molecule has 0 amide bonds. The highest BCUT2D eigenvalue weighted by Gasteiger charge is 2.38. The van der Waals surface area contributed by atoms with Gasteiger partial charge >= 0.3 is 6.18 Å². The fourth-order valence-electron chi connectivity index (χ4n) is 1.75. The molecule has 0 saturated carbocycles. The first-order chi connectivity index (χ1) is 7.89. The molecule has 6 heteroatoms. The number of ether oxygens (including phenoxy) is 1. The number of nitrogens with two attached hydrogens (primary N) is 1. The highest BCUT2D eigenvalue weighted by Crippen LogP contribution is 2.36. The van der Waals surface area contributed by atoms with Gasteiger partial charge in [0.2, 0.25) is 0 Å². The lowest BCUT2D eigenvalue weighted by atomic mass is 10.1. The number of rotatable bonds is 1. The third kappa shape index (κ3) is 2.31. The van der Waals surface area contributed by atoms with E-state index in [-0.39, 0.29) is 5.56 Å². The Labute approximate surface area is 97.0 Å². The predicted octanol–water partition coefficient (Wildman–Crippen LogP) is 2.08. The summed E-state index contributed by atoms with van der Waals surface area (Å²) in [5.74, 6) is 0.594. The van der Waals surface area contributed by atoms with Crippen molar-refractivity contribution in [2.24, 2.45) is 5.73 Å². The molecule has 1 aromatic rings. The summed E-state index contributed by atoms with van der Waals surface area (Å²) in [6, 6.07) is 2.37. The lowest BCUT2D eigenvalue weighted by Gasteiger charge is -2.29. The van der Waals surface area contributed by atoms with E-state index in [0.717, 1.165) is 0 Å². The molecular formula is C11H13F3N2O. The lowest BCUT2D eigenvalue weighted by molar-refractivity contribution is -0.149. The van der Waals surface area contributed by atoms with Gasteiger partial charge in [-0.05, 0) is 17.7 Å². The number of halogens is 3.